The van der Waals surface area contributed by atoms with Gasteiger partial charge in [-0.05, 0) is 6.07 Å². The van der Waals surface area contributed by atoms with Gasteiger partial charge in [-0.15, -0.1) is 0 Å². The van der Waals surface area contributed by atoms with Gasteiger partial charge in [0.05, 0.1) is 11.0 Å². The number of nitrogens with zero attached hydrogens (tertiary/aromatic N) is 1. The van der Waals surface area contributed by atoms with E-state index in [0.717, 1.165) is 6.07 Å². The van der Waals surface area contributed by atoms with E-state index in [4.69, 9.17) is 4.74 Å². The number of halogens is 2. The molecule has 0 atom stereocenters. The predicted octanol–water partition coefficient (Wildman–Crippen LogP) is 3.77. The molecule has 104 valence electrons. The highest BCUT2D eigenvalue weighted by molar-refractivity contribution is 5.38. The zero-order chi connectivity index (χ0) is 14.6. The molecule has 0 aliphatic carbocycles. The normalized spacial score (nSPS) is 11.1. The molecule has 20 heavy (non-hydrogen) atoms. The van der Waals surface area contributed by atoms with E-state index in [1.54, 1.807) is 6.07 Å². The van der Waals surface area contributed by atoms with E-state index in [1.165, 1.54) is 42.5 Å². The zero-order valence-electron chi connectivity index (χ0n) is 10.3. The monoisotopic (exact) mass is 279 g/mol. The number of hydrogen-bond donors (Lipinski definition) is 0. The van der Waals surface area contributed by atoms with Gasteiger partial charge in [0, 0.05) is 11.6 Å². The van der Waals surface area contributed by atoms with Crippen LogP contribution in [0.1, 0.15) is 5.56 Å². The third kappa shape index (κ3) is 3.28. The molecule has 0 saturated carbocycles. The number of ether oxygens (including phenoxy) is 1. The molecule has 0 spiro atoms. The molecule has 2 rings (SSSR count). The molecule has 0 saturated heterocycles. The first-order valence-corrected chi connectivity index (χ1v) is 5.80. The summed E-state index contributed by atoms with van der Waals surface area (Å²) < 4.78 is 32.6. The van der Waals surface area contributed by atoms with Gasteiger partial charge in [0.1, 0.15) is 5.75 Å². The number of nitro groups is 1. The van der Waals surface area contributed by atoms with E-state index in [1.807, 2.05) is 0 Å². The Kier molecular flexibility index (Phi) is 3.93. The molecular weight excluding hydrogens is 268 g/mol. The predicted molar refractivity (Wildman–Crippen MR) is 68.9 cm³/mol. The second kappa shape index (κ2) is 5.64. The lowest BCUT2D eigenvalue weighted by atomic mass is 10.1. The number of hydrogen-bond acceptors (Lipinski definition) is 3. The summed E-state index contributed by atoms with van der Waals surface area (Å²) in [5.41, 5.74) is -0.365. The molecule has 0 aliphatic heterocycles. The zero-order valence-corrected chi connectivity index (χ0v) is 10.3. The Labute approximate surface area is 113 Å². The molecule has 0 heterocycles. The van der Waals surface area contributed by atoms with Crippen molar-refractivity contribution >= 4 is 5.69 Å². The first-order valence-electron chi connectivity index (χ1n) is 5.80. The third-order valence-electron chi connectivity index (χ3n) is 2.64. The lowest BCUT2D eigenvalue weighted by molar-refractivity contribution is -0.385. The van der Waals surface area contributed by atoms with E-state index in [0.29, 0.717) is 0 Å². The highest BCUT2D eigenvalue weighted by Gasteiger charge is 2.32. The minimum Gasteiger partial charge on any atom is -0.487 e. The Hall–Kier alpha value is -2.50. The molecule has 0 bridgehead atoms. The van der Waals surface area contributed by atoms with Crippen molar-refractivity contribution in [2.24, 2.45) is 0 Å². The van der Waals surface area contributed by atoms with Gasteiger partial charge < -0.3 is 4.74 Å². The van der Waals surface area contributed by atoms with Crippen molar-refractivity contribution in [3.63, 3.8) is 0 Å². The van der Waals surface area contributed by atoms with Crippen molar-refractivity contribution in [3.8, 4) is 5.75 Å². The molecule has 0 aliphatic rings. The van der Waals surface area contributed by atoms with E-state index in [-0.39, 0.29) is 17.0 Å². The summed E-state index contributed by atoms with van der Waals surface area (Å²) in [5.74, 6) is -3.12. The Balaban J connectivity index is 2.08. The average molecular weight is 279 g/mol. The summed E-state index contributed by atoms with van der Waals surface area (Å²) in [6.45, 7) is -0.877. The summed E-state index contributed by atoms with van der Waals surface area (Å²) in [6, 6.07) is 12.4. The van der Waals surface area contributed by atoms with Crippen LogP contribution in [0, 0.1) is 10.1 Å². The maximum absolute atomic E-state index is 13.8. The van der Waals surface area contributed by atoms with Crippen LogP contribution < -0.4 is 4.74 Å². The largest absolute Gasteiger partial charge is 0.487 e. The molecule has 2 aromatic rings. The second-order valence-electron chi connectivity index (χ2n) is 4.11. The number of nitro benzene ring substituents is 1. The fraction of sp³-hybridized carbons (Fsp3) is 0.143. The van der Waals surface area contributed by atoms with Crippen LogP contribution in [0.4, 0.5) is 14.5 Å². The quantitative estimate of drug-likeness (QED) is 0.618. The maximum atomic E-state index is 13.8. The van der Waals surface area contributed by atoms with Gasteiger partial charge in [0.2, 0.25) is 0 Å². The Morgan fingerprint density at radius 3 is 2.45 bits per heavy atom. The molecule has 6 heteroatoms. The highest BCUT2D eigenvalue weighted by atomic mass is 19.3. The van der Waals surface area contributed by atoms with Gasteiger partial charge in [-0.3, -0.25) is 10.1 Å². The van der Waals surface area contributed by atoms with Gasteiger partial charge in [-0.1, -0.05) is 36.4 Å². The van der Waals surface area contributed by atoms with Gasteiger partial charge in [0.15, 0.2) is 6.61 Å². The molecule has 0 radical (unpaired) electrons. The fourth-order valence-corrected chi connectivity index (χ4v) is 1.63. The Morgan fingerprint density at radius 2 is 1.80 bits per heavy atom. The van der Waals surface area contributed by atoms with Crippen LogP contribution in [0.2, 0.25) is 0 Å². The minimum absolute atomic E-state index is 0.0369. The molecule has 0 fully saturated rings. The van der Waals surface area contributed by atoms with Crippen LogP contribution in [0.25, 0.3) is 0 Å². The van der Waals surface area contributed by atoms with Gasteiger partial charge >= 0.3 is 5.92 Å². The number of benzene rings is 2. The first-order chi connectivity index (χ1) is 9.49. The third-order valence-corrected chi connectivity index (χ3v) is 2.64. The van der Waals surface area contributed by atoms with Crippen LogP contribution in [0.15, 0.2) is 54.6 Å². The van der Waals surface area contributed by atoms with Crippen molar-refractivity contribution in [1.29, 1.82) is 0 Å². The summed E-state index contributed by atoms with van der Waals surface area (Å²) in [7, 11) is 0. The molecule has 4 nitrogen and oxygen atoms in total. The lowest BCUT2D eigenvalue weighted by Crippen LogP contribution is -2.23. The standard InChI is InChI=1S/C14H11F2NO3/c15-14(16,11-5-2-1-3-6-11)10-20-13-8-4-7-12(9-13)17(18)19/h1-9H,10H2. The van der Waals surface area contributed by atoms with Gasteiger partial charge in [-0.25, -0.2) is 0 Å². The number of alkyl halides is 2. The van der Waals surface area contributed by atoms with Crippen LogP contribution in [-0.4, -0.2) is 11.5 Å². The van der Waals surface area contributed by atoms with E-state index >= 15 is 0 Å². The lowest BCUT2D eigenvalue weighted by Gasteiger charge is -2.17. The SMILES string of the molecule is O=[N+]([O-])c1cccc(OCC(F)(F)c2ccccc2)c1. The van der Waals surface area contributed by atoms with Crippen molar-refractivity contribution in [2.75, 3.05) is 6.61 Å². The van der Waals surface area contributed by atoms with Gasteiger partial charge in [0.25, 0.3) is 5.69 Å². The minimum atomic E-state index is -3.16. The summed E-state index contributed by atoms with van der Waals surface area (Å²) in [4.78, 5) is 9.97. The van der Waals surface area contributed by atoms with Crippen LogP contribution in [0.3, 0.4) is 0 Å². The summed E-state index contributed by atoms with van der Waals surface area (Å²) in [5, 5.41) is 10.6. The molecule has 0 N–H and O–H groups in total. The summed E-state index contributed by atoms with van der Waals surface area (Å²) in [6.07, 6.45) is 0. The van der Waals surface area contributed by atoms with Crippen LogP contribution >= 0.6 is 0 Å². The maximum Gasteiger partial charge on any atom is 0.306 e. The smallest absolute Gasteiger partial charge is 0.306 e. The average Bonchev–Trinajstić information content (AvgIpc) is 2.46. The topological polar surface area (TPSA) is 52.4 Å². The molecule has 0 amide bonds. The second-order valence-corrected chi connectivity index (χ2v) is 4.11. The van der Waals surface area contributed by atoms with Gasteiger partial charge in [-0.2, -0.15) is 8.78 Å². The van der Waals surface area contributed by atoms with Crippen molar-refractivity contribution in [2.45, 2.75) is 5.92 Å². The van der Waals surface area contributed by atoms with E-state index in [9.17, 15) is 18.9 Å². The number of non-ortho nitro benzene ring substituents is 1. The fourth-order valence-electron chi connectivity index (χ4n) is 1.63. The van der Waals surface area contributed by atoms with Crippen LogP contribution in [-0.2, 0) is 5.92 Å². The van der Waals surface area contributed by atoms with Crippen molar-refractivity contribution in [1.82, 2.24) is 0 Å². The Bertz CT molecular complexity index is 602. The Morgan fingerprint density at radius 1 is 1.10 bits per heavy atom. The molecule has 0 aromatic heterocycles. The van der Waals surface area contributed by atoms with Crippen molar-refractivity contribution < 1.29 is 18.4 Å². The van der Waals surface area contributed by atoms with Crippen molar-refractivity contribution in [3.05, 3.63) is 70.3 Å². The molecular formula is C14H11F2NO3. The number of rotatable bonds is 5. The molecule has 2 aromatic carbocycles. The first kappa shape index (κ1) is 13.9. The molecule has 0 unspecified atom stereocenters. The summed E-state index contributed by atoms with van der Waals surface area (Å²) >= 11 is 0. The van der Waals surface area contributed by atoms with Crippen LogP contribution in [0.5, 0.6) is 5.75 Å². The van der Waals surface area contributed by atoms with E-state index in [2.05, 4.69) is 0 Å². The highest BCUT2D eigenvalue weighted by Crippen LogP contribution is 2.29. The van der Waals surface area contributed by atoms with E-state index < -0.39 is 17.5 Å².